The second-order valence-corrected chi connectivity index (χ2v) is 6.22. The number of amidine groups is 1. The lowest BCUT2D eigenvalue weighted by molar-refractivity contribution is -0.287. The number of hydrogen-bond donors (Lipinski definition) is 1. The molecule has 0 aliphatic carbocycles. The minimum atomic E-state index is -6.39. The second-order valence-electron chi connectivity index (χ2n) is 5.22. The van der Waals surface area contributed by atoms with Gasteiger partial charge in [0, 0.05) is 6.20 Å². The minimum absolute atomic E-state index is 0.0549. The molecule has 2 heterocycles. The number of alkyl halides is 9. The number of thioether (sulfide) groups is 1. The van der Waals surface area contributed by atoms with Crippen molar-refractivity contribution in [3.8, 4) is 0 Å². The van der Waals surface area contributed by atoms with Crippen LogP contribution in [0.4, 0.5) is 48.3 Å². The Balaban J connectivity index is 2.58. The Hall–Kier alpha value is -2.06. The smallest absolute Gasteiger partial charge is 0.339 e. The monoisotopic (exact) mass is 445 g/mol. The van der Waals surface area contributed by atoms with Crippen LogP contribution in [-0.2, 0) is 6.54 Å². The first-order chi connectivity index (χ1) is 12.6. The molecule has 15 heteroatoms. The molecule has 0 unspecified atom stereocenters. The normalized spacial score (nSPS) is 21.0. The fourth-order valence-corrected chi connectivity index (χ4v) is 3.26. The quantitative estimate of drug-likeness (QED) is 0.513. The summed E-state index contributed by atoms with van der Waals surface area (Å²) in [6.07, 6.45) is -18.0. The summed E-state index contributed by atoms with van der Waals surface area (Å²) in [5.74, 6) is -4.59. The average molecular weight is 445 g/mol. The van der Waals surface area contributed by atoms with Crippen molar-refractivity contribution < 1.29 is 48.3 Å². The summed E-state index contributed by atoms with van der Waals surface area (Å²) < 4.78 is 143. The molecule has 0 aromatic carbocycles. The highest BCUT2D eigenvalue weighted by Gasteiger charge is 2.77. The molecule has 28 heavy (non-hydrogen) atoms. The first-order valence-corrected chi connectivity index (χ1v) is 7.63. The maximum atomic E-state index is 13.5. The molecule has 2 rings (SSSR count). The molecule has 1 aliphatic heterocycles. The third-order valence-corrected chi connectivity index (χ3v) is 4.44. The molecule has 1 aromatic rings. The molecular weight excluding hydrogens is 439 g/mol. The van der Waals surface area contributed by atoms with Crippen LogP contribution in [-0.4, -0.2) is 34.2 Å². The van der Waals surface area contributed by atoms with E-state index in [1.54, 1.807) is 0 Å². The first kappa shape index (κ1) is 22.2. The van der Waals surface area contributed by atoms with E-state index in [0.717, 1.165) is 23.6 Å². The molecule has 0 bridgehead atoms. The lowest BCUT2D eigenvalue weighted by atomic mass is 9.96. The molecule has 0 spiro atoms. The fourth-order valence-electron chi connectivity index (χ4n) is 2.09. The topological polar surface area (TPSA) is 37.3 Å². The molecule has 1 aliphatic rings. The molecule has 0 atom stereocenters. The number of aliphatic imine (C=N–C) groups is 1. The van der Waals surface area contributed by atoms with E-state index in [-0.39, 0.29) is 5.56 Å². The molecular formula is C13H6F11N3S. The standard InChI is InChI=1S/C13H6F11N3S/c14-6-3-5(1-2-25-6)4-26-9-27-10(12(19,20)21,13(22,23)24)8(28-9)7(15)11(16,17)18/h1-3H,4H2,(H,26,27). The number of halogens is 11. The Kier molecular flexibility index (Phi) is 5.62. The molecule has 1 fully saturated rings. The van der Waals surface area contributed by atoms with Crippen molar-refractivity contribution in [1.82, 2.24) is 10.3 Å². The summed E-state index contributed by atoms with van der Waals surface area (Å²) >= 11 is -0.796. The lowest BCUT2D eigenvalue weighted by Gasteiger charge is -2.34. The summed E-state index contributed by atoms with van der Waals surface area (Å²) in [5, 5.41) is -0.449. The summed E-state index contributed by atoms with van der Waals surface area (Å²) in [6.45, 7) is -0.707. The van der Waals surface area contributed by atoms with E-state index in [0.29, 0.717) is 0 Å². The van der Waals surface area contributed by atoms with Gasteiger partial charge in [0.25, 0.3) is 5.54 Å². The highest BCUT2D eigenvalue weighted by Crippen LogP contribution is 2.57. The highest BCUT2D eigenvalue weighted by molar-refractivity contribution is 8.17. The van der Waals surface area contributed by atoms with E-state index in [2.05, 4.69) is 9.98 Å². The van der Waals surface area contributed by atoms with Crippen molar-refractivity contribution in [2.45, 2.75) is 30.6 Å². The van der Waals surface area contributed by atoms with Crippen molar-refractivity contribution >= 4 is 16.9 Å². The van der Waals surface area contributed by atoms with Gasteiger partial charge in [-0.1, -0.05) is 11.8 Å². The van der Waals surface area contributed by atoms with Gasteiger partial charge in [-0.15, -0.1) is 0 Å². The van der Waals surface area contributed by atoms with Gasteiger partial charge in [0.2, 0.25) is 11.8 Å². The zero-order chi connectivity index (χ0) is 21.5. The zero-order valence-corrected chi connectivity index (χ0v) is 13.7. The maximum Gasteiger partial charge on any atom is 0.443 e. The number of pyridine rings is 1. The number of nitrogens with zero attached hydrogens (tertiary/aromatic N) is 2. The number of allylic oxidation sites excluding steroid dienone is 1. The van der Waals surface area contributed by atoms with Crippen LogP contribution in [0, 0.1) is 5.95 Å². The van der Waals surface area contributed by atoms with Crippen LogP contribution >= 0.6 is 11.8 Å². The van der Waals surface area contributed by atoms with Crippen molar-refractivity contribution in [1.29, 1.82) is 0 Å². The van der Waals surface area contributed by atoms with Crippen LogP contribution < -0.4 is 5.32 Å². The molecule has 1 N–H and O–H groups in total. The number of aromatic nitrogens is 1. The van der Waals surface area contributed by atoms with Gasteiger partial charge < -0.3 is 5.32 Å². The van der Waals surface area contributed by atoms with Crippen LogP contribution in [0.3, 0.4) is 0 Å². The van der Waals surface area contributed by atoms with E-state index < -0.39 is 64.2 Å². The largest absolute Gasteiger partial charge is 0.443 e. The van der Waals surface area contributed by atoms with Crippen molar-refractivity contribution in [2.75, 3.05) is 0 Å². The third kappa shape index (κ3) is 4.03. The van der Waals surface area contributed by atoms with Gasteiger partial charge in [-0.2, -0.15) is 43.9 Å². The Morgan fingerprint density at radius 1 is 1.07 bits per heavy atom. The number of nitrogens with one attached hydrogen (secondary N) is 1. The predicted octanol–water partition coefficient (Wildman–Crippen LogP) is 5.02. The zero-order valence-electron chi connectivity index (χ0n) is 12.9. The van der Waals surface area contributed by atoms with Gasteiger partial charge in [-0.25, -0.2) is 9.37 Å². The van der Waals surface area contributed by atoms with Crippen molar-refractivity contribution in [3.63, 3.8) is 0 Å². The van der Waals surface area contributed by atoms with E-state index in [9.17, 15) is 48.3 Å². The Morgan fingerprint density at radius 2 is 1.64 bits per heavy atom. The van der Waals surface area contributed by atoms with E-state index in [4.69, 9.17) is 0 Å². The fraction of sp³-hybridized carbons (Fsp3) is 0.385. The Labute approximate surface area is 152 Å². The summed E-state index contributed by atoms with van der Waals surface area (Å²) in [5.41, 5.74) is -5.40. The molecule has 1 aromatic heterocycles. The van der Waals surface area contributed by atoms with E-state index in [1.807, 2.05) is 0 Å². The van der Waals surface area contributed by atoms with Gasteiger partial charge in [0.1, 0.15) is 0 Å². The van der Waals surface area contributed by atoms with Crippen molar-refractivity contribution in [2.24, 2.45) is 4.99 Å². The predicted molar refractivity (Wildman–Crippen MR) is 75.1 cm³/mol. The SMILES string of the molecule is FC(=C1SC(=NCc2ccnc(F)c2)NC1(C(F)(F)F)C(F)(F)F)C(F)(F)F. The minimum Gasteiger partial charge on any atom is -0.339 e. The van der Waals surface area contributed by atoms with Crippen LogP contribution in [0.5, 0.6) is 0 Å². The first-order valence-electron chi connectivity index (χ1n) is 6.81. The number of rotatable bonds is 2. The summed E-state index contributed by atoms with van der Waals surface area (Å²) in [6, 6.07) is 1.86. The molecule has 1 saturated heterocycles. The van der Waals surface area contributed by atoms with E-state index in [1.165, 1.54) is 0 Å². The van der Waals surface area contributed by atoms with Crippen LogP contribution in [0.1, 0.15) is 5.56 Å². The van der Waals surface area contributed by atoms with Crippen LogP contribution in [0.2, 0.25) is 0 Å². The highest BCUT2D eigenvalue weighted by atomic mass is 32.2. The molecule has 0 amide bonds. The summed E-state index contributed by atoms with van der Waals surface area (Å²) in [7, 11) is 0. The molecule has 3 nitrogen and oxygen atoms in total. The average Bonchev–Trinajstić information content (AvgIpc) is 2.92. The van der Waals surface area contributed by atoms with E-state index >= 15 is 0 Å². The molecule has 0 saturated carbocycles. The number of hydrogen-bond acceptors (Lipinski definition) is 3. The van der Waals surface area contributed by atoms with Gasteiger partial charge in [-0.3, -0.25) is 4.99 Å². The van der Waals surface area contributed by atoms with Crippen molar-refractivity contribution in [3.05, 3.63) is 40.6 Å². The second kappa shape index (κ2) is 7.08. The molecule has 156 valence electrons. The molecule has 0 radical (unpaired) electrons. The third-order valence-electron chi connectivity index (χ3n) is 3.33. The van der Waals surface area contributed by atoms with Crippen LogP contribution in [0.25, 0.3) is 0 Å². The van der Waals surface area contributed by atoms with Gasteiger partial charge in [0.05, 0.1) is 11.4 Å². The van der Waals surface area contributed by atoms with Gasteiger partial charge in [-0.05, 0) is 17.7 Å². The Morgan fingerprint density at radius 3 is 2.11 bits per heavy atom. The van der Waals surface area contributed by atoms with Gasteiger partial charge in [0.15, 0.2) is 5.17 Å². The summed E-state index contributed by atoms with van der Waals surface area (Å²) in [4.78, 5) is 3.75. The lowest BCUT2D eigenvalue weighted by Crippen LogP contribution is -2.65. The maximum absolute atomic E-state index is 13.5. The Bertz CT molecular complexity index is 793. The van der Waals surface area contributed by atoms with Gasteiger partial charge >= 0.3 is 18.5 Å². The van der Waals surface area contributed by atoms with Crippen LogP contribution in [0.15, 0.2) is 34.1 Å².